The number of pyridine rings is 1. The molecule has 2 aromatic heterocycles. The first kappa shape index (κ1) is 23.7. The SMILES string of the molecule is CC(C)(C)c1cc(NC(=O)C2CCN(C(=O)CCc3ccccc3)CC2)n(-c2ccccn2)n1. The van der Waals surface area contributed by atoms with Crippen LogP contribution in [0, 0.1) is 5.92 Å². The fourth-order valence-electron chi connectivity index (χ4n) is 4.16. The largest absolute Gasteiger partial charge is 0.343 e. The molecular weight excluding hydrogens is 426 g/mol. The van der Waals surface area contributed by atoms with Crippen molar-refractivity contribution in [2.45, 2.75) is 51.9 Å². The van der Waals surface area contributed by atoms with Crippen LogP contribution in [0.15, 0.2) is 60.8 Å². The quantitative estimate of drug-likeness (QED) is 0.593. The zero-order chi connectivity index (χ0) is 24.1. The first-order valence-corrected chi connectivity index (χ1v) is 12.0. The smallest absolute Gasteiger partial charge is 0.228 e. The number of amides is 2. The Kier molecular flexibility index (Phi) is 7.10. The lowest BCUT2D eigenvalue weighted by molar-refractivity contribution is -0.134. The summed E-state index contributed by atoms with van der Waals surface area (Å²) in [6, 6.07) is 17.6. The van der Waals surface area contributed by atoms with Gasteiger partial charge in [0.25, 0.3) is 0 Å². The number of hydrogen-bond acceptors (Lipinski definition) is 4. The molecule has 0 aliphatic carbocycles. The topological polar surface area (TPSA) is 80.1 Å². The Bertz CT molecular complexity index is 1110. The Morgan fingerprint density at radius 2 is 1.74 bits per heavy atom. The van der Waals surface area contributed by atoms with Crippen LogP contribution in [0.4, 0.5) is 5.82 Å². The van der Waals surface area contributed by atoms with Gasteiger partial charge in [-0.05, 0) is 37.0 Å². The summed E-state index contributed by atoms with van der Waals surface area (Å²) < 4.78 is 1.70. The second-order valence-corrected chi connectivity index (χ2v) is 9.89. The molecule has 0 saturated carbocycles. The summed E-state index contributed by atoms with van der Waals surface area (Å²) in [5.74, 6) is 1.27. The van der Waals surface area contributed by atoms with E-state index in [2.05, 4.69) is 31.1 Å². The number of carbonyl (C=O) groups is 2. The van der Waals surface area contributed by atoms with Gasteiger partial charge < -0.3 is 10.2 Å². The summed E-state index contributed by atoms with van der Waals surface area (Å²) >= 11 is 0. The monoisotopic (exact) mass is 459 g/mol. The number of likely N-dealkylation sites (tertiary alicyclic amines) is 1. The van der Waals surface area contributed by atoms with Crippen molar-refractivity contribution in [3.05, 3.63) is 72.1 Å². The molecule has 7 nitrogen and oxygen atoms in total. The van der Waals surface area contributed by atoms with Gasteiger partial charge in [-0.15, -0.1) is 0 Å². The van der Waals surface area contributed by atoms with E-state index in [0.717, 1.165) is 12.1 Å². The molecule has 34 heavy (non-hydrogen) atoms. The Morgan fingerprint density at radius 1 is 1.03 bits per heavy atom. The molecule has 3 aromatic rings. The third kappa shape index (κ3) is 5.71. The lowest BCUT2D eigenvalue weighted by Crippen LogP contribution is -2.41. The van der Waals surface area contributed by atoms with Crippen LogP contribution in [0.1, 0.15) is 51.3 Å². The van der Waals surface area contributed by atoms with E-state index in [1.54, 1.807) is 10.9 Å². The molecule has 1 saturated heterocycles. The van der Waals surface area contributed by atoms with Crippen LogP contribution in [0.25, 0.3) is 5.82 Å². The Morgan fingerprint density at radius 3 is 2.38 bits per heavy atom. The normalized spacial score (nSPS) is 14.7. The summed E-state index contributed by atoms with van der Waals surface area (Å²) in [5, 5.41) is 7.80. The summed E-state index contributed by atoms with van der Waals surface area (Å²) in [7, 11) is 0. The highest BCUT2D eigenvalue weighted by Crippen LogP contribution is 2.27. The van der Waals surface area contributed by atoms with Crippen molar-refractivity contribution in [3.8, 4) is 5.82 Å². The number of carbonyl (C=O) groups excluding carboxylic acids is 2. The standard InChI is InChI=1S/C27H33N5O2/c1-27(2,3)22-19-24(32(30-22)23-11-7-8-16-28-23)29-26(34)21-14-17-31(18-15-21)25(33)13-12-20-9-5-4-6-10-20/h4-11,16,19,21H,12-15,17-18H2,1-3H3,(H,29,34). The van der Waals surface area contributed by atoms with Crippen molar-refractivity contribution in [1.82, 2.24) is 19.7 Å². The number of benzene rings is 1. The summed E-state index contributed by atoms with van der Waals surface area (Å²) in [6.07, 6.45) is 4.27. The zero-order valence-corrected chi connectivity index (χ0v) is 20.2. The van der Waals surface area contributed by atoms with E-state index in [4.69, 9.17) is 5.10 Å². The number of nitrogens with one attached hydrogen (secondary N) is 1. The van der Waals surface area contributed by atoms with Gasteiger partial charge >= 0.3 is 0 Å². The van der Waals surface area contributed by atoms with Crippen molar-refractivity contribution in [2.75, 3.05) is 18.4 Å². The van der Waals surface area contributed by atoms with Crippen molar-refractivity contribution in [1.29, 1.82) is 0 Å². The highest BCUT2D eigenvalue weighted by atomic mass is 16.2. The first-order valence-electron chi connectivity index (χ1n) is 12.0. The molecule has 0 atom stereocenters. The number of aromatic nitrogens is 3. The van der Waals surface area contributed by atoms with Gasteiger partial charge in [-0.3, -0.25) is 9.59 Å². The number of rotatable bonds is 6. The van der Waals surface area contributed by atoms with Crippen molar-refractivity contribution < 1.29 is 9.59 Å². The maximum Gasteiger partial charge on any atom is 0.228 e. The molecule has 0 unspecified atom stereocenters. The first-order chi connectivity index (χ1) is 16.3. The minimum Gasteiger partial charge on any atom is -0.343 e. The summed E-state index contributed by atoms with van der Waals surface area (Å²) in [4.78, 5) is 32.1. The van der Waals surface area contributed by atoms with Crippen LogP contribution in [0.3, 0.4) is 0 Å². The summed E-state index contributed by atoms with van der Waals surface area (Å²) in [6.45, 7) is 7.49. The molecule has 178 valence electrons. The second kappa shape index (κ2) is 10.2. The molecule has 1 aliphatic heterocycles. The number of piperidine rings is 1. The molecule has 7 heteroatoms. The lowest BCUT2D eigenvalue weighted by Gasteiger charge is -2.31. The fraction of sp³-hybridized carbons (Fsp3) is 0.407. The molecule has 1 aliphatic rings. The molecule has 1 aromatic carbocycles. The van der Waals surface area contributed by atoms with Gasteiger partial charge in [-0.25, -0.2) is 4.98 Å². The van der Waals surface area contributed by atoms with Crippen molar-refractivity contribution in [2.24, 2.45) is 5.92 Å². The van der Waals surface area contributed by atoms with Gasteiger partial charge in [0.2, 0.25) is 11.8 Å². The maximum absolute atomic E-state index is 13.1. The second-order valence-electron chi connectivity index (χ2n) is 9.89. The van der Waals surface area contributed by atoms with E-state index in [-0.39, 0.29) is 23.1 Å². The van der Waals surface area contributed by atoms with E-state index >= 15 is 0 Å². The minimum atomic E-state index is -0.162. The Balaban J connectivity index is 1.37. The van der Waals surface area contributed by atoms with Crippen LogP contribution in [-0.2, 0) is 21.4 Å². The van der Waals surface area contributed by atoms with Crippen molar-refractivity contribution >= 4 is 17.6 Å². The van der Waals surface area contributed by atoms with Gasteiger partial charge in [0.15, 0.2) is 5.82 Å². The molecule has 3 heterocycles. The van der Waals surface area contributed by atoms with Gasteiger partial charge in [0, 0.05) is 43.1 Å². The number of aryl methyl sites for hydroxylation is 1. The summed E-state index contributed by atoms with van der Waals surface area (Å²) in [5.41, 5.74) is 1.89. The molecule has 1 N–H and O–H groups in total. The molecule has 0 spiro atoms. The predicted molar refractivity (Wildman–Crippen MR) is 133 cm³/mol. The average Bonchev–Trinajstić information content (AvgIpc) is 3.28. The van der Waals surface area contributed by atoms with Crippen LogP contribution < -0.4 is 5.32 Å². The molecule has 0 bridgehead atoms. The van der Waals surface area contributed by atoms with Crippen LogP contribution in [-0.4, -0.2) is 44.6 Å². The molecule has 1 fully saturated rings. The van der Waals surface area contributed by atoms with Gasteiger partial charge in [-0.2, -0.15) is 9.78 Å². The predicted octanol–water partition coefficient (Wildman–Crippen LogP) is 4.37. The number of anilines is 1. The molecule has 2 amide bonds. The van der Waals surface area contributed by atoms with E-state index in [9.17, 15) is 9.59 Å². The molecular formula is C27H33N5O2. The van der Waals surface area contributed by atoms with E-state index in [1.165, 1.54) is 5.56 Å². The van der Waals surface area contributed by atoms with Crippen LogP contribution in [0.2, 0.25) is 0 Å². The van der Waals surface area contributed by atoms with Crippen LogP contribution in [0.5, 0.6) is 0 Å². The minimum absolute atomic E-state index is 0.0334. The maximum atomic E-state index is 13.1. The number of nitrogens with zero attached hydrogens (tertiary/aromatic N) is 4. The number of hydrogen-bond donors (Lipinski definition) is 1. The van der Waals surface area contributed by atoms with Gasteiger partial charge in [0.05, 0.1) is 5.69 Å². The zero-order valence-electron chi connectivity index (χ0n) is 20.2. The molecule has 0 radical (unpaired) electrons. The van der Waals surface area contributed by atoms with Crippen LogP contribution >= 0.6 is 0 Å². The fourth-order valence-corrected chi connectivity index (χ4v) is 4.16. The Hall–Kier alpha value is -3.48. The van der Waals surface area contributed by atoms with Gasteiger partial charge in [-0.1, -0.05) is 57.2 Å². The van der Waals surface area contributed by atoms with E-state index < -0.39 is 0 Å². The third-order valence-corrected chi connectivity index (χ3v) is 6.28. The lowest BCUT2D eigenvalue weighted by atomic mass is 9.92. The van der Waals surface area contributed by atoms with E-state index in [1.807, 2.05) is 59.5 Å². The molecule has 4 rings (SSSR count). The average molecular weight is 460 g/mol. The highest BCUT2D eigenvalue weighted by molar-refractivity contribution is 5.92. The Labute approximate surface area is 201 Å². The third-order valence-electron chi connectivity index (χ3n) is 6.28. The highest BCUT2D eigenvalue weighted by Gasteiger charge is 2.29. The van der Waals surface area contributed by atoms with E-state index in [0.29, 0.717) is 44.0 Å². The van der Waals surface area contributed by atoms with Gasteiger partial charge in [0.1, 0.15) is 5.82 Å². The van der Waals surface area contributed by atoms with Crippen molar-refractivity contribution in [3.63, 3.8) is 0 Å².